The van der Waals surface area contributed by atoms with Crippen LogP contribution in [0.25, 0.3) is 0 Å². The van der Waals surface area contributed by atoms with E-state index < -0.39 is 0 Å². The van der Waals surface area contributed by atoms with Crippen molar-refractivity contribution in [3.63, 3.8) is 0 Å². The van der Waals surface area contributed by atoms with Gasteiger partial charge in [0.15, 0.2) is 0 Å². The van der Waals surface area contributed by atoms with Crippen LogP contribution in [-0.2, 0) is 13.0 Å². The van der Waals surface area contributed by atoms with Gasteiger partial charge in [0.1, 0.15) is 0 Å². The Balaban J connectivity index is 1.73. The first kappa shape index (κ1) is 13.6. The molecule has 0 saturated heterocycles. The molecule has 3 rings (SSSR count). The predicted octanol–water partition coefficient (Wildman–Crippen LogP) is 1.01. The highest BCUT2D eigenvalue weighted by Gasteiger charge is 2.17. The number of aromatic nitrogens is 3. The summed E-state index contributed by atoms with van der Waals surface area (Å²) in [5.41, 5.74) is 2.84. The molecule has 21 heavy (non-hydrogen) atoms. The van der Waals surface area contributed by atoms with Gasteiger partial charge in [-0.2, -0.15) is 0 Å². The first-order valence-electron chi connectivity index (χ1n) is 7.01. The summed E-state index contributed by atoms with van der Waals surface area (Å²) >= 11 is 0. The van der Waals surface area contributed by atoms with Crippen LogP contribution in [0.2, 0.25) is 0 Å². The maximum Gasteiger partial charge on any atom is 0.289 e. The van der Waals surface area contributed by atoms with Crippen molar-refractivity contribution < 1.29 is 4.79 Å². The van der Waals surface area contributed by atoms with Crippen molar-refractivity contribution in [3.8, 4) is 0 Å². The van der Waals surface area contributed by atoms with Crippen molar-refractivity contribution >= 4 is 5.91 Å². The zero-order chi connectivity index (χ0) is 14.7. The average molecular weight is 283 g/mol. The minimum Gasteiger partial charge on any atom is -0.341 e. The number of amides is 1. The summed E-state index contributed by atoms with van der Waals surface area (Å²) in [7, 11) is 0. The average Bonchev–Trinajstić information content (AvgIpc) is 2.55. The summed E-state index contributed by atoms with van der Waals surface area (Å²) in [5, 5.41) is 6.13. The first-order valence-corrected chi connectivity index (χ1v) is 7.01. The van der Waals surface area contributed by atoms with Crippen LogP contribution < -0.4 is 10.6 Å². The van der Waals surface area contributed by atoms with E-state index in [0.29, 0.717) is 0 Å². The Bertz CT molecular complexity index is 644. The lowest BCUT2D eigenvalue weighted by Gasteiger charge is -2.17. The molecule has 0 spiro atoms. The van der Waals surface area contributed by atoms with Crippen molar-refractivity contribution in [1.29, 1.82) is 0 Å². The van der Waals surface area contributed by atoms with Gasteiger partial charge in [-0.15, -0.1) is 0 Å². The highest BCUT2D eigenvalue weighted by atomic mass is 16.2. The lowest BCUT2D eigenvalue weighted by Crippen LogP contribution is -2.31. The smallest absolute Gasteiger partial charge is 0.289 e. The quantitative estimate of drug-likeness (QED) is 0.878. The van der Waals surface area contributed by atoms with Gasteiger partial charge in [-0.1, -0.05) is 6.07 Å². The van der Waals surface area contributed by atoms with Crippen molar-refractivity contribution in [3.05, 3.63) is 53.4 Å². The van der Waals surface area contributed by atoms with Crippen molar-refractivity contribution in [1.82, 2.24) is 25.6 Å². The molecule has 6 nitrogen and oxygen atoms in total. The molecule has 0 unspecified atom stereocenters. The fraction of sp³-hybridized carbons (Fsp3) is 0.333. The molecule has 0 fully saturated rings. The van der Waals surface area contributed by atoms with E-state index in [4.69, 9.17) is 0 Å². The standard InChI is InChI=1S/C15H17N5O/c1-10(12-4-2-3-6-17-12)19-15(21)14-18-9-11-8-16-7-5-13(11)20-14/h2-4,6,9-10,16H,5,7-8H2,1H3,(H,19,21)/t10-/m1/s1. The van der Waals surface area contributed by atoms with E-state index in [1.54, 1.807) is 12.4 Å². The van der Waals surface area contributed by atoms with Crippen LogP contribution >= 0.6 is 0 Å². The molecule has 2 aromatic rings. The van der Waals surface area contributed by atoms with Crippen LogP contribution in [0.15, 0.2) is 30.6 Å². The number of carbonyl (C=O) groups excluding carboxylic acids is 1. The summed E-state index contributed by atoms with van der Waals surface area (Å²) in [6, 6.07) is 5.44. The van der Waals surface area contributed by atoms with E-state index in [1.807, 2.05) is 25.1 Å². The highest BCUT2D eigenvalue weighted by molar-refractivity contribution is 5.90. The highest BCUT2D eigenvalue weighted by Crippen LogP contribution is 2.12. The molecule has 1 aliphatic heterocycles. The van der Waals surface area contributed by atoms with Crippen molar-refractivity contribution in [2.45, 2.75) is 25.9 Å². The Kier molecular flexibility index (Phi) is 3.87. The van der Waals surface area contributed by atoms with Crippen LogP contribution in [0.5, 0.6) is 0 Å². The van der Waals surface area contributed by atoms with Gasteiger partial charge in [-0.05, 0) is 19.1 Å². The fourth-order valence-corrected chi connectivity index (χ4v) is 2.31. The van der Waals surface area contributed by atoms with E-state index in [9.17, 15) is 4.79 Å². The summed E-state index contributed by atoms with van der Waals surface area (Å²) in [4.78, 5) is 25.0. The first-order chi connectivity index (χ1) is 10.2. The van der Waals surface area contributed by atoms with Crippen LogP contribution in [-0.4, -0.2) is 27.4 Å². The number of fused-ring (bicyclic) bond motifs is 1. The summed E-state index contributed by atoms with van der Waals surface area (Å²) < 4.78 is 0. The zero-order valence-corrected chi connectivity index (χ0v) is 11.8. The van der Waals surface area contributed by atoms with Gasteiger partial charge in [0.2, 0.25) is 5.82 Å². The van der Waals surface area contributed by atoms with Crippen LogP contribution in [0, 0.1) is 0 Å². The molecule has 6 heteroatoms. The maximum atomic E-state index is 12.2. The monoisotopic (exact) mass is 283 g/mol. The number of hydrogen-bond donors (Lipinski definition) is 2. The van der Waals surface area contributed by atoms with Gasteiger partial charge in [-0.3, -0.25) is 9.78 Å². The summed E-state index contributed by atoms with van der Waals surface area (Å²) in [6.45, 7) is 3.54. The van der Waals surface area contributed by atoms with E-state index in [-0.39, 0.29) is 17.8 Å². The molecule has 2 aromatic heterocycles. The normalized spacial score (nSPS) is 15.1. The fourth-order valence-electron chi connectivity index (χ4n) is 2.31. The Morgan fingerprint density at radius 2 is 2.29 bits per heavy atom. The third-order valence-electron chi connectivity index (χ3n) is 3.49. The largest absolute Gasteiger partial charge is 0.341 e. The second kappa shape index (κ2) is 5.97. The van der Waals surface area contributed by atoms with Crippen LogP contribution in [0.4, 0.5) is 0 Å². The van der Waals surface area contributed by atoms with Gasteiger partial charge in [0.05, 0.1) is 17.4 Å². The number of hydrogen-bond acceptors (Lipinski definition) is 5. The summed E-state index contributed by atoms with van der Waals surface area (Å²) in [5.74, 6) is -0.0482. The third-order valence-corrected chi connectivity index (χ3v) is 3.49. The molecular formula is C15H17N5O. The minimum atomic E-state index is -0.269. The maximum absolute atomic E-state index is 12.2. The molecule has 1 atom stereocenters. The number of nitrogens with zero attached hydrogens (tertiary/aromatic N) is 3. The molecule has 2 N–H and O–H groups in total. The Labute approximate surface area is 123 Å². The molecule has 108 valence electrons. The van der Waals surface area contributed by atoms with Gasteiger partial charge in [0, 0.05) is 37.5 Å². The molecule has 1 aliphatic rings. The topological polar surface area (TPSA) is 79.8 Å². The number of nitrogens with one attached hydrogen (secondary N) is 2. The predicted molar refractivity (Wildman–Crippen MR) is 77.6 cm³/mol. The number of carbonyl (C=O) groups is 1. The molecule has 0 aromatic carbocycles. The zero-order valence-electron chi connectivity index (χ0n) is 11.8. The van der Waals surface area contributed by atoms with Gasteiger partial charge in [-0.25, -0.2) is 9.97 Å². The van der Waals surface area contributed by atoms with Gasteiger partial charge < -0.3 is 10.6 Å². The second-order valence-corrected chi connectivity index (χ2v) is 5.04. The van der Waals surface area contributed by atoms with E-state index in [1.165, 1.54) is 0 Å². The lowest BCUT2D eigenvalue weighted by atomic mass is 10.1. The van der Waals surface area contributed by atoms with Gasteiger partial charge >= 0.3 is 0 Å². The summed E-state index contributed by atoms with van der Waals surface area (Å²) in [6.07, 6.45) is 4.27. The lowest BCUT2D eigenvalue weighted by molar-refractivity contribution is 0.0928. The van der Waals surface area contributed by atoms with Crippen LogP contribution in [0.1, 0.15) is 40.5 Å². The molecular weight excluding hydrogens is 266 g/mol. The molecule has 3 heterocycles. The van der Waals surface area contributed by atoms with E-state index in [0.717, 1.165) is 36.5 Å². The Hall–Kier alpha value is -2.34. The minimum absolute atomic E-state index is 0.181. The van der Waals surface area contributed by atoms with E-state index >= 15 is 0 Å². The van der Waals surface area contributed by atoms with Gasteiger partial charge in [0.25, 0.3) is 5.91 Å². The second-order valence-electron chi connectivity index (χ2n) is 5.04. The van der Waals surface area contributed by atoms with E-state index in [2.05, 4.69) is 25.6 Å². The molecule has 0 radical (unpaired) electrons. The molecule has 0 saturated carbocycles. The number of rotatable bonds is 3. The molecule has 1 amide bonds. The van der Waals surface area contributed by atoms with Crippen LogP contribution in [0.3, 0.4) is 0 Å². The molecule has 0 bridgehead atoms. The van der Waals surface area contributed by atoms with Crippen molar-refractivity contribution in [2.24, 2.45) is 0 Å². The van der Waals surface area contributed by atoms with Crippen molar-refractivity contribution in [2.75, 3.05) is 6.54 Å². The molecule has 0 aliphatic carbocycles. The number of pyridine rings is 1. The Morgan fingerprint density at radius 1 is 1.38 bits per heavy atom. The SMILES string of the molecule is C[C@@H](NC(=O)c1ncc2c(n1)CCNC2)c1ccccn1. The Morgan fingerprint density at radius 3 is 3.10 bits per heavy atom. The third kappa shape index (κ3) is 3.05.